The van der Waals surface area contributed by atoms with Crippen LogP contribution in [0.3, 0.4) is 0 Å². The van der Waals surface area contributed by atoms with Gasteiger partial charge in [-0.25, -0.2) is 0 Å². The molecule has 0 spiro atoms. The van der Waals surface area contributed by atoms with Crippen molar-refractivity contribution in [2.24, 2.45) is 0 Å². The fourth-order valence-corrected chi connectivity index (χ4v) is 2.77. The summed E-state index contributed by atoms with van der Waals surface area (Å²) in [5.74, 6) is 1.39. The third-order valence-corrected chi connectivity index (χ3v) is 4.29. The lowest BCUT2D eigenvalue weighted by Gasteiger charge is -2.12. The van der Waals surface area contributed by atoms with Crippen molar-refractivity contribution in [1.29, 1.82) is 0 Å². The number of carbonyl (C=O) groups excluding carboxylic acids is 1. The highest BCUT2D eigenvalue weighted by Crippen LogP contribution is 2.26. The minimum atomic E-state index is -0.0155. The quantitative estimate of drug-likeness (QED) is 0.553. The van der Waals surface area contributed by atoms with Gasteiger partial charge in [0.05, 0.1) is 17.6 Å². The van der Waals surface area contributed by atoms with E-state index in [1.54, 1.807) is 12.3 Å². The smallest absolute Gasteiger partial charge is 0.277 e. The maximum absolute atomic E-state index is 11.9. The van der Waals surface area contributed by atoms with Crippen molar-refractivity contribution in [3.8, 4) is 11.5 Å². The first-order chi connectivity index (χ1) is 11.1. The number of thioether (sulfide) groups is 1. The molecule has 0 unspecified atom stereocenters. The molecule has 1 amide bonds. The minimum absolute atomic E-state index is 0.0155. The van der Waals surface area contributed by atoms with E-state index in [1.165, 1.54) is 24.6 Å². The molecule has 0 saturated heterocycles. The number of hydrogen-bond donors (Lipinski definition) is 1. The highest BCUT2D eigenvalue weighted by Gasteiger charge is 2.15. The Balaban J connectivity index is 1.77. The first kappa shape index (κ1) is 17.6. The van der Waals surface area contributed by atoms with Gasteiger partial charge in [-0.05, 0) is 26.3 Å². The number of nitrogens with one attached hydrogen (secondary N) is 1. The Morgan fingerprint density at radius 2 is 2.22 bits per heavy atom. The summed E-state index contributed by atoms with van der Waals surface area (Å²) in [4.78, 5) is 11.9. The minimum Gasteiger partial charge on any atom is -0.469 e. The molecule has 2 heterocycles. The van der Waals surface area contributed by atoms with Crippen LogP contribution in [0.2, 0.25) is 0 Å². The molecule has 0 saturated carbocycles. The molecule has 2 aromatic heterocycles. The number of hydrogen-bond acceptors (Lipinski definition) is 6. The predicted molar refractivity (Wildman–Crippen MR) is 89.2 cm³/mol. The zero-order valence-corrected chi connectivity index (χ0v) is 14.6. The van der Waals surface area contributed by atoms with E-state index in [9.17, 15) is 4.79 Å². The number of carbonyl (C=O) groups is 1. The highest BCUT2D eigenvalue weighted by molar-refractivity contribution is 7.99. The maximum Gasteiger partial charge on any atom is 0.277 e. The van der Waals surface area contributed by atoms with Crippen LogP contribution >= 0.6 is 11.8 Å². The van der Waals surface area contributed by atoms with Gasteiger partial charge in [-0.3, -0.25) is 4.79 Å². The van der Waals surface area contributed by atoms with Crippen molar-refractivity contribution in [1.82, 2.24) is 15.5 Å². The molecule has 23 heavy (non-hydrogen) atoms. The van der Waals surface area contributed by atoms with E-state index in [0.717, 1.165) is 24.2 Å². The molecule has 0 fully saturated rings. The summed E-state index contributed by atoms with van der Waals surface area (Å²) < 4.78 is 10.8. The van der Waals surface area contributed by atoms with Gasteiger partial charge >= 0.3 is 0 Å². The molecule has 2 aromatic rings. The van der Waals surface area contributed by atoms with Gasteiger partial charge in [-0.1, -0.05) is 37.9 Å². The Labute approximate surface area is 140 Å². The Morgan fingerprint density at radius 1 is 1.39 bits per heavy atom. The molecule has 0 aliphatic carbocycles. The molecule has 1 atom stereocenters. The summed E-state index contributed by atoms with van der Waals surface area (Å²) in [5.41, 5.74) is 0.776. The molecule has 1 N–H and O–H groups in total. The lowest BCUT2D eigenvalue weighted by Crippen LogP contribution is -2.33. The van der Waals surface area contributed by atoms with Crippen molar-refractivity contribution < 1.29 is 13.6 Å². The normalized spacial score (nSPS) is 12.3. The summed E-state index contributed by atoms with van der Waals surface area (Å²) in [6.07, 6.45) is 6.12. The SMILES string of the molecule is CCCCC[C@@H](C)NC(=O)CSc1nnc(-c2ccoc2C)o1. The van der Waals surface area contributed by atoms with Crippen LogP contribution in [0.15, 0.2) is 26.4 Å². The predicted octanol–water partition coefficient (Wildman–Crippen LogP) is 3.82. The summed E-state index contributed by atoms with van der Waals surface area (Å²) in [6, 6.07) is 1.98. The number of nitrogens with zero attached hydrogens (tertiary/aromatic N) is 2. The average molecular weight is 337 g/mol. The van der Waals surface area contributed by atoms with Crippen LogP contribution in [0, 0.1) is 6.92 Å². The number of amides is 1. The van der Waals surface area contributed by atoms with Crippen LogP contribution in [0.1, 0.15) is 45.3 Å². The maximum atomic E-state index is 11.9. The van der Waals surface area contributed by atoms with Crippen LogP contribution in [0.5, 0.6) is 0 Å². The van der Waals surface area contributed by atoms with Gasteiger partial charge in [0.25, 0.3) is 11.1 Å². The Hall–Kier alpha value is -1.76. The Kier molecular flexibility index (Phi) is 6.70. The van der Waals surface area contributed by atoms with E-state index in [-0.39, 0.29) is 17.7 Å². The fraction of sp³-hybridized carbons (Fsp3) is 0.562. The lowest BCUT2D eigenvalue weighted by atomic mass is 10.1. The molecule has 0 radical (unpaired) electrons. The second kappa shape index (κ2) is 8.76. The molecule has 0 aromatic carbocycles. The van der Waals surface area contributed by atoms with E-state index in [2.05, 4.69) is 22.4 Å². The second-order valence-electron chi connectivity index (χ2n) is 5.52. The summed E-state index contributed by atoms with van der Waals surface area (Å²) in [5, 5.41) is 11.3. The molecule has 126 valence electrons. The van der Waals surface area contributed by atoms with Crippen molar-refractivity contribution in [2.45, 2.75) is 57.7 Å². The number of aryl methyl sites for hydroxylation is 1. The number of unbranched alkanes of at least 4 members (excludes halogenated alkanes) is 2. The largest absolute Gasteiger partial charge is 0.469 e. The van der Waals surface area contributed by atoms with E-state index < -0.39 is 0 Å². The third kappa shape index (κ3) is 5.42. The summed E-state index contributed by atoms with van der Waals surface area (Å²) in [7, 11) is 0. The lowest BCUT2D eigenvalue weighted by molar-refractivity contribution is -0.119. The number of furan rings is 1. The van der Waals surface area contributed by atoms with Crippen molar-refractivity contribution in [3.63, 3.8) is 0 Å². The molecule has 2 rings (SSSR count). The summed E-state index contributed by atoms with van der Waals surface area (Å²) in [6.45, 7) is 6.04. The first-order valence-corrected chi connectivity index (χ1v) is 8.88. The molecule has 0 bridgehead atoms. The first-order valence-electron chi connectivity index (χ1n) is 7.90. The van der Waals surface area contributed by atoms with Crippen molar-refractivity contribution >= 4 is 17.7 Å². The van der Waals surface area contributed by atoms with Crippen molar-refractivity contribution in [3.05, 3.63) is 18.1 Å². The molecule has 7 heteroatoms. The van der Waals surface area contributed by atoms with Gasteiger partial charge in [0.15, 0.2) is 0 Å². The van der Waals surface area contributed by atoms with Crippen molar-refractivity contribution in [2.75, 3.05) is 5.75 Å². The van der Waals surface area contributed by atoms with E-state index in [0.29, 0.717) is 11.1 Å². The average Bonchev–Trinajstić information content (AvgIpc) is 3.14. The van der Waals surface area contributed by atoms with Gasteiger partial charge in [-0.15, -0.1) is 10.2 Å². The van der Waals surface area contributed by atoms with E-state index >= 15 is 0 Å². The molecule has 0 aliphatic rings. The highest BCUT2D eigenvalue weighted by atomic mass is 32.2. The Bertz CT molecular complexity index is 624. The number of rotatable bonds is 9. The standard InChI is InChI=1S/C16H23N3O3S/c1-4-5-6-7-11(2)17-14(20)10-23-16-19-18-15(22-16)13-8-9-21-12(13)3/h8-9,11H,4-7,10H2,1-3H3,(H,17,20)/t11-/m1/s1. The van der Waals surface area contributed by atoms with E-state index in [1.807, 2.05) is 13.8 Å². The Morgan fingerprint density at radius 3 is 2.91 bits per heavy atom. The fourth-order valence-electron chi connectivity index (χ4n) is 2.20. The van der Waals surface area contributed by atoms with Crippen LogP contribution in [-0.2, 0) is 4.79 Å². The van der Waals surface area contributed by atoms with Crippen LogP contribution in [0.25, 0.3) is 11.5 Å². The third-order valence-electron chi connectivity index (χ3n) is 3.47. The van der Waals surface area contributed by atoms with Gasteiger partial charge in [0, 0.05) is 6.04 Å². The van der Waals surface area contributed by atoms with E-state index in [4.69, 9.17) is 8.83 Å². The molecule has 6 nitrogen and oxygen atoms in total. The molecule has 0 aliphatic heterocycles. The van der Waals surface area contributed by atoms with Crippen LogP contribution < -0.4 is 5.32 Å². The zero-order valence-electron chi connectivity index (χ0n) is 13.8. The molecular formula is C16H23N3O3S. The van der Waals surface area contributed by atoms with Gasteiger partial charge < -0.3 is 14.2 Å². The zero-order chi connectivity index (χ0) is 16.7. The summed E-state index contributed by atoms with van der Waals surface area (Å²) >= 11 is 1.24. The monoisotopic (exact) mass is 337 g/mol. The second-order valence-corrected chi connectivity index (χ2v) is 6.44. The van der Waals surface area contributed by atoms with Gasteiger partial charge in [0.2, 0.25) is 5.91 Å². The van der Waals surface area contributed by atoms with Crippen LogP contribution in [-0.4, -0.2) is 27.9 Å². The molecular weight excluding hydrogens is 314 g/mol. The topological polar surface area (TPSA) is 81.2 Å². The number of aromatic nitrogens is 2. The van der Waals surface area contributed by atoms with Gasteiger partial charge in [-0.2, -0.15) is 0 Å². The van der Waals surface area contributed by atoms with Gasteiger partial charge in [0.1, 0.15) is 5.76 Å². The van der Waals surface area contributed by atoms with Crippen LogP contribution in [0.4, 0.5) is 0 Å².